The van der Waals surface area contributed by atoms with Crippen LogP contribution in [-0.4, -0.2) is 20.6 Å². The molecule has 0 spiro atoms. The fourth-order valence-electron chi connectivity index (χ4n) is 0.977. The quantitative estimate of drug-likeness (QED) is 0.595. The average Bonchev–Trinajstić information content (AvgIpc) is 2.57. The standard InChI is InChI=1S/C7H7N5/c8-6-4-2-1-3-5(6)7-9-11-12-10-7/h1-4H,8H2,(H,9,10,11,12). The van der Waals surface area contributed by atoms with Crippen molar-refractivity contribution in [2.45, 2.75) is 0 Å². The molecule has 0 bridgehead atoms. The van der Waals surface area contributed by atoms with Crippen LogP contribution in [0.1, 0.15) is 0 Å². The summed E-state index contributed by atoms with van der Waals surface area (Å²) in [6.45, 7) is 0. The summed E-state index contributed by atoms with van der Waals surface area (Å²) in [6, 6.07) is 7.38. The minimum Gasteiger partial charge on any atom is -0.398 e. The van der Waals surface area contributed by atoms with Crippen molar-refractivity contribution in [2.75, 3.05) is 5.73 Å². The van der Waals surface area contributed by atoms with Crippen molar-refractivity contribution < 1.29 is 0 Å². The monoisotopic (exact) mass is 161 g/mol. The van der Waals surface area contributed by atoms with Gasteiger partial charge < -0.3 is 5.73 Å². The van der Waals surface area contributed by atoms with Crippen molar-refractivity contribution in [3.8, 4) is 11.4 Å². The Kier molecular flexibility index (Phi) is 1.48. The molecule has 2 aromatic rings. The summed E-state index contributed by atoms with van der Waals surface area (Å²) in [6.07, 6.45) is 0. The number of aromatic amines is 1. The van der Waals surface area contributed by atoms with Crippen molar-refractivity contribution in [1.82, 2.24) is 20.6 Å². The smallest absolute Gasteiger partial charge is 0.206 e. The molecule has 1 aromatic heterocycles. The number of rotatable bonds is 1. The van der Waals surface area contributed by atoms with Crippen LogP contribution in [0.4, 0.5) is 5.69 Å². The van der Waals surface area contributed by atoms with E-state index < -0.39 is 0 Å². The maximum atomic E-state index is 5.69. The van der Waals surface area contributed by atoms with E-state index in [9.17, 15) is 0 Å². The molecule has 0 saturated carbocycles. The van der Waals surface area contributed by atoms with Crippen LogP contribution in [0.2, 0.25) is 0 Å². The van der Waals surface area contributed by atoms with Crippen molar-refractivity contribution in [1.29, 1.82) is 0 Å². The van der Waals surface area contributed by atoms with Crippen LogP contribution in [0, 0.1) is 0 Å². The van der Waals surface area contributed by atoms with Crippen LogP contribution in [0.25, 0.3) is 11.4 Å². The number of hydrogen-bond donors (Lipinski definition) is 2. The second-order valence-corrected chi connectivity index (χ2v) is 2.32. The van der Waals surface area contributed by atoms with E-state index in [1.165, 1.54) is 0 Å². The largest absolute Gasteiger partial charge is 0.398 e. The van der Waals surface area contributed by atoms with Gasteiger partial charge in [-0.05, 0) is 17.3 Å². The number of para-hydroxylation sites is 1. The Morgan fingerprint density at radius 2 is 2.08 bits per heavy atom. The number of benzene rings is 1. The van der Waals surface area contributed by atoms with Crippen LogP contribution < -0.4 is 5.73 Å². The van der Waals surface area contributed by atoms with E-state index in [0.29, 0.717) is 11.5 Å². The molecule has 0 aliphatic rings. The first-order valence-electron chi connectivity index (χ1n) is 3.46. The maximum Gasteiger partial charge on any atom is 0.206 e. The summed E-state index contributed by atoms with van der Waals surface area (Å²) in [4.78, 5) is 0. The molecule has 0 atom stereocenters. The minimum atomic E-state index is 0.521. The molecule has 60 valence electrons. The first-order chi connectivity index (χ1) is 5.88. The van der Waals surface area contributed by atoms with E-state index in [1.807, 2.05) is 18.2 Å². The van der Waals surface area contributed by atoms with Gasteiger partial charge in [-0.1, -0.05) is 12.1 Å². The fraction of sp³-hybridized carbons (Fsp3) is 0. The number of nitrogens with one attached hydrogen (secondary N) is 1. The Bertz CT molecular complexity index is 367. The molecule has 0 amide bonds. The summed E-state index contributed by atoms with van der Waals surface area (Å²) in [7, 11) is 0. The van der Waals surface area contributed by atoms with Crippen molar-refractivity contribution >= 4 is 5.69 Å². The fourth-order valence-corrected chi connectivity index (χ4v) is 0.977. The van der Waals surface area contributed by atoms with Gasteiger partial charge in [0.2, 0.25) is 5.82 Å². The molecule has 0 fully saturated rings. The molecule has 2 rings (SSSR count). The third-order valence-electron chi connectivity index (χ3n) is 1.55. The second kappa shape index (κ2) is 2.61. The van der Waals surface area contributed by atoms with Gasteiger partial charge in [-0.2, -0.15) is 5.21 Å². The predicted molar refractivity (Wildman–Crippen MR) is 44.0 cm³/mol. The van der Waals surface area contributed by atoms with Gasteiger partial charge in [0, 0.05) is 11.3 Å². The molecular weight excluding hydrogens is 154 g/mol. The second-order valence-electron chi connectivity index (χ2n) is 2.32. The zero-order chi connectivity index (χ0) is 8.39. The lowest BCUT2D eigenvalue weighted by molar-refractivity contribution is 0.881. The van der Waals surface area contributed by atoms with Crippen LogP contribution >= 0.6 is 0 Å². The molecule has 0 radical (unpaired) electrons. The van der Waals surface area contributed by atoms with Gasteiger partial charge in [0.15, 0.2) is 0 Å². The van der Waals surface area contributed by atoms with E-state index >= 15 is 0 Å². The normalized spacial score (nSPS) is 10.0. The molecular formula is C7H7N5. The molecule has 3 N–H and O–H groups in total. The number of tetrazole rings is 1. The Balaban J connectivity index is 2.55. The third-order valence-corrected chi connectivity index (χ3v) is 1.55. The number of nitrogens with zero attached hydrogens (tertiary/aromatic N) is 3. The van der Waals surface area contributed by atoms with Crippen LogP contribution in [0.5, 0.6) is 0 Å². The van der Waals surface area contributed by atoms with E-state index in [-0.39, 0.29) is 0 Å². The maximum absolute atomic E-state index is 5.69. The first kappa shape index (κ1) is 6.78. The highest BCUT2D eigenvalue weighted by atomic mass is 15.5. The van der Waals surface area contributed by atoms with Gasteiger partial charge in [-0.15, -0.1) is 10.2 Å². The molecule has 5 heteroatoms. The first-order valence-corrected chi connectivity index (χ1v) is 3.46. The molecule has 1 heterocycles. The van der Waals surface area contributed by atoms with E-state index in [2.05, 4.69) is 20.6 Å². The van der Waals surface area contributed by atoms with Gasteiger partial charge in [-0.3, -0.25) is 0 Å². The van der Waals surface area contributed by atoms with Gasteiger partial charge in [0.05, 0.1) is 0 Å². The third kappa shape index (κ3) is 1.01. The van der Waals surface area contributed by atoms with Crippen LogP contribution in [0.15, 0.2) is 24.3 Å². The summed E-state index contributed by atoms with van der Waals surface area (Å²) in [5.41, 5.74) is 7.14. The highest BCUT2D eigenvalue weighted by Crippen LogP contribution is 2.19. The Morgan fingerprint density at radius 3 is 2.75 bits per heavy atom. The molecule has 0 saturated heterocycles. The van der Waals surface area contributed by atoms with Crippen molar-refractivity contribution in [3.63, 3.8) is 0 Å². The zero-order valence-electron chi connectivity index (χ0n) is 6.23. The number of hydrogen-bond acceptors (Lipinski definition) is 4. The lowest BCUT2D eigenvalue weighted by Crippen LogP contribution is -1.90. The van der Waals surface area contributed by atoms with Gasteiger partial charge in [-0.25, -0.2) is 0 Å². The highest BCUT2D eigenvalue weighted by molar-refractivity contribution is 5.70. The van der Waals surface area contributed by atoms with Crippen molar-refractivity contribution in [2.24, 2.45) is 0 Å². The van der Waals surface area contributed by atoms with Crippen molar-refractivity contribution in [3.05, 3.63) is 24.3 Å². The topological polar surface area (TPSA) is 80.5 Å². The molecule has 0 aliphatic carbocycles. The summed E-state index contributed by atoms with van der Waals surface area (Å²) >= 11 is 0. The summed E-state index contributed by atoms with van der Waals surface area (Å²) < 4.78 is 0. The molecule has 0 aliphatic heterocycles. The number of aromatic nitrogens is 4. The lowest BCUT2D eigenvalue weighted by atomic mass is 10.2. The zero-order valence-corrected chi connectivity index (χ0v) is 6.23. The highest BCUT2D eigenvalue weighted by Gasteiger charge is 2.04. The molecule has 1 aromatic carbocycles. The summed E-state index contributed by atoms with van der Waals surface area (Å²) in [5.74, 6) is 0.521. The van der Waals surface area contributed by atoms with E-state index in [4.69, 9.17) is 5.73 Å². The molecule has 12 heavy (non-hydrogen) atoms. The van der Waals surface area contributed by atoms with Gasteiger partial charge >= 0.3 is 0 Å². The lowest BCUT2D eigenvalue weighted by Gasteiger charge is -1.97. The van der Waals surface area contributed by atoms with E-state index in [1.54, 1.807) is 6.07 Å². The number of anilines is 1. The minimum absolute atomic E-state index is 0.521. The Hall–Kier alpha value is -1.91. The Labute approximate surface area is 68.6 Å². The predicted octanol–water partition coefficient (Wildman–Crippen LogP) is 0.449. The number of H-pyrrole nitrogens is 1. The van der Waals surface area contributed by atoms with Gasteiger partial charge in [0.1, 0.15) is 0 Å². The number of nitrogen functional groups attached to an aromatic ring is 1. The van der Waals surface area contributed by atoms with Crippen LogP contribution in [-0.2, 0) is 0 Å². The molecule has 0 unspecified atom stereocenters. The van der Waals surface area contributed by atoms with E-state index in [0.717, 1.165) is 5.56 Å². The number of nitrogens with two attached hydrogens (primary N) is 1. The van der Waals surface area contributed by atoms with Crippen LogP contribution in [0.3, 0.4) is 0 Å². The summed E-state index contributed by atoms with van der Waals surface area (Å²) in [5, 5.41) is 13.5. The average molecular weight is 161 g/mol. The molecule has 5 nitrogen and oxygen atoms in total. The van der Waals surface area contributed by atoms with Gasteiger partial charge in [0.25, 0.3) is 0 Å². The SMILES string of the molecule is Nc1ccccc1-c1nn[nH]n1. The Morgan fingerprint density at radius 1 is 1.25 bits per heavy atom.